The van der Waals surface area contributed by atoms with Crippen molar-refractivity contribution in [1.82, 2.24) is 20.2 Å². The van der Waals surface area contributed by atoms with E-state index in [9.17, 15) is 78.8 Å². The van der Waals surface area contributed by atoms with Gasteiger partial charge < -0.3 is 50.1 Å². The molecule has 6 rings (SSSR count). The lowest BCUT2D eigenvalue weighted by molar-refractivity contribution is -0.438. The normalized spacial score (nSPS) is 21.6. The lowest BCUT2D eigenvalue weighted by Gasteiger charge is -2.25. The summed E-state index contributed by atoms with van der Waals surface area (Å²) in [6, 6.07) is 9.05. The van der Waals surface area contributed by atoms with E-state index in [1.807, 2.05) is 57.8 Å². The Labute approximate surface area is 477 Å². The summed E-state index contributed by atoms with van der Waals surface area (Å²) in [6.45, 7) is 10.1. The van der Waals surface area contributed by atoms with Gasteiger partial charge in [0.15, 0.2) is 11.9 Å². The highest BCUT2D eigenvalue weighted by Gasteiger charge is 2.48. The number of rotatable bonds is 28. The molecule has 0 saturated carbocycles. The number of carbonyl (C=O) groups excluding carboxylic acids is 2. The Kier molecular flexibility index (Phi) is 21.5. The monoisotopic (exact) mass is 1270 g/mol. The van der Waals surface area contributed by atoms with E-state index in [2.05, 4.69) is 33.3 Å². The molecule has 6 atom stereocenters. The van der Waals surface area contributed by atoms with Gasteiger partial charge in [0.05, 0.1) is 27.4 Å². The number of ether oxygens (including phenoxy) is 1. The first-order valence-corrected chi connectivity index (χ1v) is 33.3. The molecule has 0 aliphatic carbocycles. The molecule has 2 unspecified atom stereocenters. The minimum atomic E-state index is -5.86. The Morgan fingerprint density at radius 3 is 2.04 bits per heavy atom. The van der Waals surface area contributed by atoms with Crippen LogP contribution in [0.4, 0.5) is 11.4 Å². The highest BCUT2D eigenvalue weighted by molar-refractivity contribution is 7.86. The predicted octanol–water partition coefficient (Wildman–Crippen LogP) is 3.69. The molecule has 2 aromatic carbocycles. The first kappa shape index (κ1) is 67.0. The molecule has 1 saturated heterocycles. The number of unbranched alkanes of at least 4 members (excludes halogenated alkanes) is 4. The molecule has 2 amide bonds. The summed E-state index contributed by atoms with van der Waals surface area (Å²) in [6.07, 6.45) is 6.19. The van der Waals surface area contributed by atoms with Crippen molar-refractivity contribution in [2.75, 3.05) is 37.7 Å². The van der Waals surface area contributed by atoms with Crippen molar-refractivity contribution in [1.29, 1.82) is 0 Å². The number of benzene rings is 2. The number of fused-ring (bicyclic) bond motifs is 2. The summed E-state index contributed by atoms with van der Waals surface area (Å²) in [7, 11) is -26.1. The summed E-state index contributed by atoms with van der Waals surface area (Å²) in [5.41, 5.74) is 1.27. The van der Waals surface area contributed by atoms with Crippen molar-refractivity contribution in [2.45, 2.75) is 131 Å². The molecule has 34 heteroatoms. The number of hydrogen-bond donors (Lipinski definition) is 11. The maximum absolute atomic E-state index is 12.8. The number of phosphoric acid groups is 3. The van der Waals surface area contributed by atoms with Crippen molar-refractivity contribution in [3.8, 4) is 0 Å². The highest BCUT2D eigenvalue weighted by Crippen LogP contribution is 2.66. The third kappa shape index (κ3) is 17.1. The molecule has 29 nitrogen and oxygen atoms in total. The molecule has 4 heterocycles. The largest absolute Gasteiger partial charge is 0.490 e. The van der Waals surface area contributed by atoms with Crippen LogP contribution in [0.1, 0.15) is 109 Å². The van der Waals surface area contributed by atoms with E-state index in [4.69, 9.17) is 14.5 Å². The number of hydrogen-bond acceptors (Lipinski definition) is 18. The van der Waals surface area contributed by atoms with Crippen LogP contribution in [-0.4, -0.2) is 138 Å². The molecule has 0 radical (unpaired) electrons. The van der Waals surface area contributed by atoms with E-state index in [0.29, 0.717) is 68.3 Å². The van der Waals surface area contributed by atoms with Crippen LogP contribution in [0.15, 0.2) is 92.0 Å². The van der Waals surface area contributed by atoms with Gasteiger partial charge in [-0.1, -0.05) is 38.5 Å². The number of aliphatic hydroxyl groups excluding tert-OH is 2. The minimum absolute atomic E-state index is 0.0475. The number of amides is 2. The Hall–Kier alpha value is -5.14. The zero-order valence-corrected chi connectivity index (χ0v) is 49.9. The molecular weight excluding hydrogens is 1200 g/mol. The lowest BCUT2D eigenvalue weighted by Crippen LogP contribution is -2.38. The van der Waals surface area contributed by atoms with Gasteiger partial charge in [-0.3, -0.25) is 37.6 Å². The van der Waals surface area contributed by atoms with Crippen LogP contribution in [0.5, 0.6) is 0 Å². The molecule has 458 valence electrons. The van der Waals surface area contributed by atoms with Gasteiger partial charge in [-0.15, -0.1) is 0 Å². The summed E-state index contributed by atoms with van der Waals surface area (Å²) in [4.78, 5) is 90.5. The van der Waals surface area contributed by atoms with E-state index in [1.165, 1.54) is 36.4 Å². The van der Waals surface area contributed by atoms with Gasteiger partial charge in [-0.05, 0) is 88.4 Å². The molecule has 3 aliphatic rings. The number of anilines is 1. The fraction of sp³-hybridized carbons (Fsp3) is 0.490. The number of aromatic nitrogens is 2. The average molecular weight is 1270 g/mol. The molecule has 1 fully saturated rings. The second-order valence-electron chi connectivity index (χ2n) is 20.6. The van der Waals surface area contributed by atoms with E-state index >= 15 is 0 Å². The first-order valence-electron chi connectivity index (χ1n) is 25.9. The molecule has 0 bridgehead atoms. The van der Waals surface area contributed by atoms with E-state index in [1.54, 1.807) is 12.1 Å². The first-order chi connectivity index (χ1) is 38.5. The molecule has 83 heavy (non-hydrogen) atoms. The molecule has 1 aromatic heterocycles. The number of nitrogens with one attached hydrogen (secondary N) is 3. The van der Waals surface area contributed by atoms with Crippen LogP contribution in [0.2, 0.25) is 0 Å². The predicted molar refractivity (Wildman–Crippen MR) is 298 cm³/mol. The summed E-state index contributed by atoms with van der Waals surface area (Å²) in [5.74, 6) is -0.451. The van der Waals surface area contributed by atoms with Gasteiger partial charge in [-0.25, -0.2) is 18.5 Å². The van der Waals surface area contributed by atoms with E-state index < -0.39 is 96.9 Å². The number of H-pyrrole nitrogens is 1. The lowest BCUT2D eigenvalue weighted by atomic mass is 9.81. The third-order valence-corrected chi connectivity index (χ3v) is 19.5. The van der Waals surface area contributed by atoms with Gasteiger partial charge in [0, 0.05) is 79.6 Å². The van der Waals surface area contributed by atoms with E-state index in [0.717, 1.165) is 34.5 Å². The van der Waals surface area contributed by atoms with Crippen molar-refractivity contribution < 1.29 is 101 Å². The minimum Gasteiger partial charge on any atom is -0.387 e. The third-order valence-electron chi connectivity index (χ3n) is 14.0. The zero-order valence-electron chi connectivity index (χ0n) is 45.6. The molecule has 3 aromatic rings. The molecule has 3 aliphatic heterocycles. The van der Waals surface area contributed by atoms with Crippen LogP contribution in [0.3, 0.4) is 0 Å². The Balaban J connectivity index is 0.934. The molecule has 0 spiro atoms. The van der Waals surface area contributed by atoms with Crippen LogP contribution in [0, 0.1) is 0 Å². The topological polar surface area (TPSA) is 438 Å². The Bertz CT molecular complexity index is 3590. The Morgan fingerprint density at radius 1 is 0.795 bits per heavy atom. The van der Waals surface area contributed by atoms with Gasteiger partial charge in [0.2, 0.25) is 17.5 Å². The zero-order chi connectivity index (χ0) is 61.7. The number of nitrogens with zero attached hydrogens (tertiary/aromatic N) is 3. The second-order valence-corrected chi connectivity index (χ2v) is 27.9. The number of phosphoric ester groups is 1. The highest BCUT2D eigenvalue weighted by atomic mass is 32.2. The number of likely N-dealkylation sites (N-methyl/N-ethyl adjacent to an activating group) is 1. The fourth-order valence-corrected chi connectivity index (χ4v) is 13.9. The van der Waals surface area contributed by atoms with Crippen molar-refractivity contribution in [3.05, 3.63) is 110 Å². The van der Waals surface area contributed by atoms with Crippen LogP contribution in [-0.2, 0) is 72.2 Å². The number of allylic oxidation sites excluding steroid dienone is 4. The van der Waals surface area contributed by atoms with E-state index in [-0.39, 0.29) is 46.6 Å². The maximum Gasteiger partial charge on any atom is 0.490 e. The molecular formula is C49H68N6O23P3S2+. The summed E-state index contributed by atoms with van der Waals surface area (Å²) in [5, 5.41) is 26.6. The summed E-state index contributed by atoms with van der Waals surface area (Å²) < 4.78 is 123. The Morgan fingerprint density at radius 2 is 1.41 bits per heavy atom. The fourth-order valence-electron chi connectivity index (χ4n) is 9.90. The van der Waals surface area contributed by atoms with Crippen molar-refractivity contribution in [2.24, 2.45) is 0 Å². The van der Waals surface area contributed by atoms with Gasteiger partial charge in [0.25, 0.3) is 25.8 Å². The quantitative estimate of drug-likeness (QED) is 0.0214. The van der Waals surface area contributed by atoms with Crippen molar-refractivity contribution in [3.63, 3.8) is 0 Å². The second kappa shape index (κ2) is 26.6. The van der Waals surface area contributed by atoms with Crippen LogP contribution in [0.25, 0.3) is 6.08 Å². The average Bonchev–Trinajstić information content (AvgIpc) is 1.95. The van der Waals surface area contributed by atoms with Crippen LogP contribution < -0.4 is 26.8 Å². The van der Waals surface area contributed by atoms with Gasteiger partial charge >= 0.3 is 29.2 Å². The van der Waals surface area contributed by atoms with Gasteiger partial charge in [0.1, 0.15) is 24.9 Å². The number of carbonyl (C=O) groups is 2. The van der Waals surface area contributed by atoms with Crippen LogP contribution >= 0.6 is 23.5 Å². The standard InChI is InChI=1S/C49H67N6O23P3S2/c1-6-53-36-22-20-32(82(69,70)71)27-34(36)48(2,3)39(53)16-13-17-40-49(4,5)35-28-33(83(72,73)74)21-23-37(35)54(40)26-12-8-10-19-41(56)50-24-11-7-9-18-42(57)51-25-14-15-31-29-55(47(61)52-45(31)60)46-44(59)43(58)38(76-46)30-75-80(65,66)78-81(67,68)77-79(62,63)64/h13-17,20-23,27-29,38,43-44,46,58-59H,6-12,18-19,24-26,30H2,1-5H3,(H8-,50,51,52,56,57,60,61,62,63,64,65,66,67,68,69,70,71,72,73,74)/p+1/b15-14+/t38-,43-,44-,46-/m1/s1. The summed E-state index contributed by atoms with van der Waals surface area (Å²) >= 11 is 0. The number of aliphatic hydroxyl groups is 2. The molecule has 11 N–H and O–H groups in total. The van der Waals surface area contributed by atoms with Gasteiger partial charge in [-0.2, -0.15) is 30.0 Å². The van der Waals surface area contributed by atoms with Crippen molar-refractivity contribution >= 4 is 78.7 Å². The number of aromatic amines is 1. The SMILES string of the molecule is CCN1C(=CC=CC2=[N+](CCCCCC(=O)NCCCCCC(=O)NC/C=C/c3cn([C@@H]4O[C@H](COP(=O)(O)OP(=O)(O)OP(=O)(O)O)[C@@H](O)[C@H]4O)c(=O)[nH]c3=O)c3ccc(S(=O)(=O)O)cc3C2(C)C)C(C)(C)c2cc(S(=O)(=O)O)ccc21. The smallest absolute Gasteiger partial charge is 0.387 e. The maximum atomic E-state index is 12.8.